The minimum Gasteiger partial charge on any atom is -0.349 e. The fourth-order valence-electron chi connectivity index (χ4n) is 7.53. The number of hydrogen-bond acceptors (Lipinski definition) is 2. The number of halogens is 1. The number of amides is 2. The molecule has 2 N–H and O–H groups in total. The maximum absolute atomic E-state index is 13.2. The number of rotatable bonds is 2. The van der Waals surface area contributed by atoms with Crippen molar-refractivity contribution in [1.82, 2.24) is 5.32 Å². The van der Waals surface area contributed by atoms with Gasteiger partial charge < -0.3 is 10.6 Å². The molecule has 3 fully saturated rings. The van der Waals surface area contributed by atoms with Crippen molar-refractivity contribution in [3.05, 3.63) is 41.4 Å². The van der Waals surface area contributed by atoms with E-state index in [-0.39, 0.29) is 34.6 Å². The van der Waals surface area contributed by atoms with Gasteiger partial charge in [0.25, 0.3) is 0 Å². The molecule has 0 bridgehead atoms. The maximum Gasteiger partial charge on any atom is 0.243 e. The van der Waals surface area contributed by atoms with Crippen molar-refractivity contribution in [3.63, 3.8) is 0 Å². The zero-order chi connectivity index (χ0) is 21.1. The van der Waals surface area contributed by atoms with Crippen LogP contribution in [0.1, 0.15) is 52.4 Å². The topological polar surface area (TPSA) is 58.2 Å². The fourth-order valence-corrected chi connectivity index (χ4v) is 7.65. The van der Waals surface area contributed by atoms with Crippen LogP contribution >= 0.6 is 11.6 Å². The summed E-state index contributed by atoms with van der Waals surface area (Å²) in [4.78, 5) is 25.1. The lowest BCUT2D eigenvalue weighted by Gasteiger charge is -2.58. The van der Waals surface area contributed by atoms with E-state index in [1.807, 2.05) is 24.3 Å². The average molecular weight is 427 g/mol. The van der Waals surface area contributed by atoms with E-state index in [0.29, 0.717) is 22.8 Å². The first-order valence-electron chi connectivity index (χ1n) is 11.4. The van der Waals surface area contributed by atoms with Crippen molar-refractivity contribution in [2.24, 2.45) is 34.5 Å². The third-order valence-electron chi connectivity index (χ3n) is 9.11. The summed E-state index contributed by atoms with van der Waals surface area (Å²) in [6, 6.07) is 7.63. The molecule has 0 aromatic heterocycles. The molecule has 3 aliphatic carbocycles. The summed E-state index contributed by atoms with van der Waals surface area (Å²) in [6.45, 7) is 4.70. The third-order valence-corrected chi connectivity index (χ3v) is 9.37. The van der Waals surface area contributed by atoms with Gasteiger partial charge >= 0.3 is 0 Å². The van der Waals surface area contributed by atoms with Crippen molar-refractivity contribution < 1.29 is 9.59 Å². The minimum atomic E-state index is 0.0435. The standard InChI is InChI=1S/C25H31ClN2O2/c1-24-13-11-19-17(7-10-21-25(19,2)14-12-22(29)28-21)18(24)8-9-20(24)23(30)27-16-5-3-15(26)4-6-16/h3-6,12,14,17-21H,7-11,13H2,1-2H3,(H,27,30)(H,28,29)/t17?,18?,19?,20?,21?,24-,25+/m0/s1. The number of anilines is 1. The first-order chi connectivity index (χ1) is 14.3. The molecule has 7 atom stereocenters. The van der Waals surface area contributed by atoms with Crippen LogP contribution in [-0.4, -0.2) is 17.9 Å². The quantitative estimate of drug-likeness (QED) is 0.683. The summed E-state index contributed by atoms with van der Waals surface area (Å²) in [7, 11) is 0. The summed E-state index contributed by atoms with van der Waals surface area (Å²) in [5.74, 6) is 2.08. The van der Waals surface area contributed by atoms with E-state index in [9.17, 15) is 9.59 Å². The van der Waals surface area contributed by atoms with Gasteiger partial charge in [0.1, 0.15) is 0 Å². The normalized spacial score (nSPS) is 42.0. The lowest BCUT2D eigenvalue weighted by Crippen LogP contribution is -2.59. The molecule has 0 radical (unpaired) electrons. The number of fused-ring (bicyclic) bond motifs is 5. The van der Waals surface area contributed by atoms with Crippen molar-refractivity contribution in [1.29, 1.82) is 0 Å². The van der Waals surface area contributed by atoms with Crippen LogP contribution in [-0.2, 0) is 9.59 Å². The Labute approximate surface area is 183 Å². The molecule has 3 saturated carbocycles. The highest BCUT2D eigenvalue weighted by Crippen LogP contribution is 2.65. The minimum absolute atomic E-state index is 0.0435. The Balaban J connectivity index is 1.36. The number of hydrogen-bond donors (Lipinski definition) is 2. The van der Waals surface area contributed by atoms with Crippen LogP contribution in [0.25, 0.3) is 0 Å². The molecule has 1 aliphatic heterocycles. The average Bonchev–Trinajstić information content (AvgIpc) is 3.07. The van der Waals surface area contributed by atoms with E-state index < -0.39 is 0 Å². The van der Waals surface area contributed by atoms with Crippen LogP contribution in [0.15, 0.2) is 36.4 Å². The van der Waals surface area contributed by atoms with E-state index in [4.69, 9.17) is 11.6 Å². The highest BCUT2D eigenvalue weighted by Gasteiger charge is 2.60. The molecule has 4 aliphatic rings. The summed E-state index contributed by atoms with van der Waals surface area (Å²) >= 11 is 5.98. The SMILES string of the molecule is C[C@]12C=CC(=O)NC1CCC1C2CC[C@]2(C)C(C(=O)Nc3ccc(Cl)cc3)CCC12. The Kier molecular flexibility index (Phi) is 4.77. The predicted octanol–water partition coefficient (Wildman–Crippen LogP) is 5.19. The maximum atomic E-state index is 13.2. The number of carbonyl (C=O) groups excluding carboxylic acids is 2. The second-order valence-corrected chi connectivity index (χ2v) is 10.8. The van der Waals surface area contributed by atoms with Gasteiger partial charge in [0.2, 0.25) is 11.8 Å². The van der Waals surface area contributed by atoms with Gasteiger partial charge in [-0.05, 0) is 92.0 Å². The molecule has 1 aromatic carbocycles. The largest absolute Gasteiger partial charge is 0.349 e. The molecule has 30 heavy (non-hydrogen) atoms. The molecule has 1 heterocycles. The second kappa shape index (κ2) is 7.12. The van der Waals surface area contributed by atoms with E-state index in [0.717, 1.165) is 44.2 Å². The smallest absolute Gasteiger partial charge is 0.243 e. The van der Waals surface area contributed by atoms with Crippen LogP contribution in [0.4, 0.5) is 5.69 Å². The van der Waals surface area contributed by atoms with Crippen molar-refractivity contribution in [3.8, 4) is 0 Å². The Bertz CT molecular complexity index is 897. The lowest BCUT2D eigenvalue weighted by atomic mass is 9.48. The van der Waals surface area contributed by atoms with Gasteiger partial charge in [-0.25, -0.2) is 0 Å². The monoisotopic (exact) mass is 426 g/mol. The highest BCUT2D eigenvalue weighted by atomic mass is 35.5. The molecule has 5 heteroatoms. The van der Waals surface area contributed by atoms with Crippen LogP contribution in [0.3, 0.4) is 0 Å². The fraction of sp³-hybridized carbons (Fsp3) is 0.600. The van der Waals surface area contributed by atoms with Crippen LogP contribution in [0, 0.1) is 34.5 Å². The summed E-state index contributed by atoms with van der Waals surface area (Å²) in [6.07, 6.45) is 10.5. The number of benzene rings is 1. The Morgan fingerprint density at radius 2 is 1.83 bits per heavy atom. The molecular formula is C25H31ClN2O2. The number of nitrogens with one attached hydrogen (secondary N) is 2. The van der Waals surface area contributed by atoms with Gasteiger partial charge in [-0.2, -0.15) is 0 Å². The van der Waals surface area contributed by atoms with Crippen LogP contribution < -0.4 is 10.6 Å². The van der Waals surface area contributed by atoms with Crippen LogP contribution in [0.2, 0.25) is 5.02 Å². The Morgan fingerprint density at radius 3 is 2.60 bits per heavy atom. The molecule has 4 nitrogen and oxygen atoms in total. The summed E-state index contributed by atoms with van der Waals surface area (Å²) in [5.41, 5.74) is 0.922. The zero-order valence-corrected chi connectivity index (χ0v) is 18.5. The lowest BCUT2D eigenvalue weighted by molar-refractivity contribution is -0.129. The summed E-state index contributed by atoms with van der Waals surface area (Å²) < 4.78 is 0. The third kappa shape index (κ3) is 3.02. The first-order valence-corrected chi connectivity index (χ1v) is 11.8. The molecular weight excluding hydrogens is 396 g/mol. The molecule has 0 saturated heterocycles. The molecule has 5 unspecified atom stereocenters. The van der Waals surface area contributed by atoms with Gasteiger partial charge in [-0.1, -0.05) is 31.5 Å². The Morgan fingerprint density at radius 1 is 1.07 bits per heavy atom. The Hall–Kier alpha value is -1.81. The molecule has 0 spiro atoms. The highest BCUT2D eigenvalue weighted by molar-refractivity contribution is 6.30. The van der Waals surface area contributed by atoms with Gasteiger partial charge in [0.05, 0.1) is 0 Å². The van der Waals surface area contributed by atoms with Crippen molar-refractivity contribution >= 4 is 29.1 Å². The van der Waals surface area contributed by atoms with Gasteiger partial charge in [-0.3, -0.25) is 9.59 Å². The van der Waals surface area contributed by atoms with Crippen molar-refractivity contribution in [2.45, 2.75) is 58.4 Å². The zero-order valence-electron chi connectivity index (χ0n) is 17.8. The summed E-state index contributed by atoms with van der Waals surface area (Å²) in [5, 5.41) is 7.04. The second-order valence-electron chi connectivity index (χ2n) is 10.4. The van der Waals surface area contributed by atoms with E-state index in [1.54, 1.807) is 6.08 Å². The van der Waals surface area contributed by atoms with Crippen LogP contribution in [0.5, 0.6) is 0 Å². The molecule has 5 rings (SSSR count). The van der Waals surface area contributed by atoms with Gasteiger partial charge in [0, 0.05) is 28.1 Å². The predicted molar refractivity (Wildman–Crippen MR) is 119 cm³/mol. The first kappa shape index (κ1) is 20.1. The van der Waals surface area contributed by atoms with Crippen molar-refractivity contribution in [2.75, 3.05) is 5.32 Å². The van der Waals surface area contributed by atoms with E-state index >= 15 is 0 Å². The molecule has 160 valence electrons. The number of carbonyl (C=O) groups is 2. The molecule has 1 aromatic rings. The van der Waals surface area contributed by atoms with Gasteiger partial charge in [0.15, 0.2) is 0 Å². The van der Waals surface area contributed by atoms with E-state index in [2.05, 4.69) is 30.6 Å². The van der Waals surface area contributed by atoms with Gasteiger partial charge in [-0.15, -0.1) is 0 Å². The van der Waals surface area contributed by atoms with E-state index in [1.165, 1.54) is 0 Å². The molecule has 2 amide bonds.